The molecule has 0 amide bonds. The Morgan fingerprint density at radius 3 is 1.27 bits per heavy atom. The molecule has 2 rings (SSSR count). The molecule has 2 aromatic carbocycles. The molecular weight excluding hydrogens is 576 g/mol. The number of hydrogen-bond donors (Lipinski definition) is 5. The quantitative estimate of drug-likeness (QED) is 0.219. The molecule has 0 saturated carbocycles. The molecule has 0 aliphatic rings. The zero-order valence-corrected chi connectivity index (χ0v) is 19.3. The van der Waals surface area contributed by atoms with Gasteiger partial charge in [-0.2, -0.15) is 33.7 Å². The van der Waals surface area contributed by atoms with Gasteiger partial charge in [-0.1, -0.05) is 0 Å². The van der Waals surface area contributed by atoms with Crippen LogP contribution in [0.3, 0.4) is 0 Å². The summed E-state index contributed by atoms with van der Waals surface area (Å²) in [6.45, 7) is 0. The summed E-state index contributed by atoms with van der Waals surface area (Å²) in [5.74, 6) is -1.85. The van der Waals surface area contributed by atoms with E-state index in [-0.39, 0.29) is 6.07 Å². The fourth-order valence-electron chi connectivity index (χ4n) is 1.93. The van der Waals surface area contributed by atoms with Gasteiger partial charge in [0, 0.05) is 6.07 Å². The van der Waals surface area contributed by atoms with Gasteiger partial charge in [0.1, 0.15) is 20.4 Å². The van der Waals surface area contributed by atoms with Crippen LogP contribution in [0.15, 0.2) is 56.0 Å². The van der Waals surface area contributed by atoms with Crippen LogP contribution in [-0.2, 0) is 60.3 Å². The van der Waals surface area contributed by atoms with E-state index >= 15 is 0 Å². The molecule has 0 spiro atoms. The average Bonchev–Trinajstić information content (AvgIpc) is 2.51. The molecule has 0 bridgehead atoms. The van der Waals surface area contributed by atoms with Crippen molar-refractivity contribution in [2.45, 2.75) is 19.6 Å². The Morgan fingerprint density at radius 1 is 0.600 bits per heavy atom. The molecule has 0 saturated heterocycles. The van der Waals surface area contributed by atoms with Gasteiger partial charge >= 0.3 is 54.1 Å². The van der Waals surface area contributed by atoms with Crippen LogP contribution in [0.1, 0.15) is 0 Å². The van der Waals surface area contributed by atoms with Crippen molar-refractivity contribution in [3.63, 3.8) is 0 Å². The minimum atomic E-state index is -5.95. The van der Waals surface area contributed by atoms with Crippen molar-refractivity contribution < 1.29 is 76.8 Å². The molecule has 0 fully saturated rings. The minimum absolute atomic E-state index is 0.268. The van der Waals surface area contributed by atoms with Gasteiger partial charge in [0.2, 0.25) is 0 Å². The predicted octanol–water partition coefficient (Wildman–Crippen LogP) is -0.762. The number of aromatic hydroxyl groups is 1. The van der Waals surface area contributed by atoms with Crippen molar-refractivity contribution in [1.29, 1.82) is 0 Å². The Labute approximate surface area is 182 Å². The molecule has 0 atom stereocenters. The third-order valence-corrected chi connectivity index (χ3v) is 7.66. The SMILES string of the molecule is O=S(=O)(O)c1cc(O)c(S(=O)(=O)O)c(S(=O)(=O)O)c1S(=O)(=O)O.[Mo][c]1ccccc1. The maximum atomic E-state index is 11.2. The number of benzene rings is 2. The molecule has 30 heavy (non-hydrogen) atoms. The first-order chi connectivity index (χ1) is 13.3. The molecule has 0 heterocycles. The van der Waals surface area contributed by atoms with Crippen molar-refractivity contribution in [2.24, 2.45) is 0 Å². The number of phenols is 1. The third kappa shape index (κ3) is 6.79. The molecule has 5 N–H and O–H groups in total. The van der Waals surface area contributed by atoms with Crippen LogP contribution in [0, 0.1) is 0 Å². The summed E-state index contributed by atoms with van der Waals surface area (Å²) in [5.41, 5.74) is 0. The fourth-order valence-corrected chi connectivity index (χ4v) is 6.93. The van der Waals surface area contributed by atoms with Crippen molar-refractivity contribution in [3.05, 3.63) is 36.4 Å². The van der Waals surface area contributed by atoms with E-state index in [0.29, 0.717) is 0 Å². The maximum absolute atomic E-state index is 11.2. The standard InChI is InChI=1S/C6H6O13S4.C6H5.Mo/c7-2-1-3(20(8,9)10)5(22(14,15)16)6(23(17,18)19)4(2)21(11,12)13;1-2-4-6-5-3-1;/h1,7H,(H,8,9,10)(H,11,12,13)(H,14,15,16)(H,17,18,19);1-5H;. The van der Waals surface area contributed by atoms with Crippen LogP contribution in [0.4, 0.5) is 0 Å². The molecule has 13 nitrogen and oxygen atoms in total. The first kappa shape index (κ1) is 26.6. The molecule has 0 aromatic heterocycles. The monoisotopic (exact) mass is 589 g/mol. The topological polar surface area (TPSA) is 238 Å². The van der Waals surface area contributed by atoms with E-state index in [1.165, 1.54) is 3.95 Å². The second-order valence-corrected chi connectivity index (χ2v) is 11.7. The molecular formula is C12H11MoO13S4. The van der Waals surface area contributed by atoms with Crippen LogP contribution in [0.2, 0.25) is 0 Å². The number of hydrogen-bond acceptors (Lipinski definition) is 9. The van der Waals surface area contributed by atoms with E-state index in [4.69, 9.17) is 18.2 Å². The van der Waals surface area contributed by atoms with Gasteiger partial charge in [-0.25, -0.2) is 0 Å². The first-order valence-corrected chi connectivity index (χ1v) is 13.6. The third-order valence-electron chi connectivity index (χ3n) is 2.93. The predicted molar refractivity (Wildman–Crippen MR) is 93.4 cm³/mol. The Morgan fingerprint density at radius 2 is 1.00 bits per heavy atom. The summed E-state index contributed by atoms with van der Waals surface area (Å²) < 4.78 is 126. The van der Waals surface area contributed by atoms with Crippen LogP contribution in [0.25, 0.3) is 0 Å². The second kappa shape index (κ2) is 8.97. The number of phenolic OH excluding ortho intramolecular Hbond substituents is 1. The molecule has 0 aliphatic heterocycles. The van der Waals surface area contributed by atoms with Gasteiger partial charge in [-0.3, -0.25) is 18.2 Å². The summed E-state index contributed by atoms with van der Waals surface area (Å²) in [5, 5.41) is 9.36. The van der Waals surface area contributed by atoms with E-state index in [0.717, 1.165) is 0 Å². The van der Waals surface area contributed by atoms with Gasteiger partial charge in [0.05, 0.1) is 0 Å². The molecule has 18 heteroatoms. The van der Waals surface area contributed by atoms with Crippen molar-refractivity contribution >= 4 is 44.4 Å². The second-order valence-electron chi connectivity index (χ2n) is 5.09. The van der Waals surface area contributed by atoms with Gasteiger partial charge in [-0.15, -0.1) is 0 Å². The molecule has 0 radical (unpaired) electrons. The summed E-state index contributed by atoms with van der Waals surface area (Å²) in [6.07, 6.45) is 0. The zero-order valence-electron chi connectivity index (χ0n) is 14.0. The summed E-state index contributed by atoms with van der Waals surface area (Å²) >= 11 is 2.02. The summed E-state index contributed by atoms with van der Waals surface area (Å²) in [4.78, 5) is -8.74. The van der Waals surface area contributed by atoms with Crippen molar-refractivity contribution in [2.75, 3.05) is 0 Å². The van der Waals surface area contributed by atoms with E-state index in [2.05, 4.69) is 12.1 Å². The average molecular weight is 587 g/mol. The van der Waals surface area contributed by atoms with Gasteiger partial charge in [0.15, 0.2) is 4.90 Å². The van der Waals surface area contributed by atoms with E-state index in [1.54, 1.807) is 0 Å². The van der Waals surface area contributed by atoms with Gasteiger partial charge in [-0.05, 0) is 0 Å². The van der Waals surface area contributed by atoms with Crippen LogP contribution < -0.4 is 3.95 Å². The van der Waals surface area contributed by atoms with E-state index in [1.807, 2.05) is 38.0 Å². The Hall–Kier alpha value is -1.43. The molecule has 167 valence electrons. The normalized spacial score (nSPS) is 12.7. The summed E-state index contributed by atoms with van der Waals surface area (Å²) in [6, 6.07) is 10.0. The fraction of sp³-hybridized carbons (Fsp3) is 0. The number of rotatable bonds is 4. The van der Waals surface area contributed by atoms with Crippen LogP contribution in [0.5, 0.6) is 5.75 Å². The Balaban J connectivity index is 0.000000539. The first-order valence-electron chi connectivity index (χ1n) is 6.80. The molecule has 2 aromatic rings. The van der Waals surface area contributed by atoms with Crippen LogP contribution >= 0.6 is 0 Å². The molecule has 0 unspecified atom stereocenters. The van der Waals surface area contributed by atoms with E-state index < -0.39 is 65.8 Å². The van der Waals surface area contributed by atoms with Gasteiger partial charge in [0.25, 0.3) is 40.5 Å². The van der Waals surface area contributed by atoms with Crippen LogP contribution in [-0.4, -0.2) is 57.0 Å². The zero-order chi connectivity index (χ0) is 23.7. The van der Waals surface area contributed by atoms with Gasteiger partial charge < -0.3 is 5.11 Å². The Bertz CT molecular complexity index is 1380. The molecule has 0 aliphatic carbocycles. The van der Waals surface area contributed by atoms with Crippen molar-refractivity contribution in [1.82, 2.24) is 0 Å². The van der Waals surface area contributed by atoms with E-state index in [9.17, 15) is 38.8 Å². The summed E-state index contributed by atoms with van der Waals surface area (Å²) in [7, 11) is -23.2. The Kier molecular flexibility index (Phi) is 7.96. The van der Waals surface area contributed by atoms with Crippen molar-refractivity contribution in [3.8, 4) is 5.75 Å².